The summed E-state index contributed by atoms with van der Waals surface area (Å²) in [7, 11) is 2.01. The summed E-state index contributed by atoms with van der Waals surface area (Å²) in [5.74, 6) is 1.03. The van der Waals surface area contributed by atoms with Gasteiger partial charge in [0.1, 0.15) is 0 Å². The maximum atomic E-state index is 6.09. The van der Waals surface area contributed by atoms with Gasteiger partial charge in [-0.15, -0.1) is 0 Å². The fraction of sp³-hybridized carbons (Fsp3) is 1.00. The highest BCUT2D eigenvalue weighted by atomic mass is 16.5. The molecule has 4 nitrogen and oxygen atoms in total. The van der Waals surface area contributed by atoms with Crippen LogP contribution in [0.15, 0.2) is 0 Å². The topological polar surface area (TPSA) is 27.7 Å². The average molecular weight is 267 g/mol. The molecule has 4 heteroatoms. The third kappa shape index (κ3) is 4.15. The lowest BCUT2D eigenvalue weighted by Crippen LogP contribution is -2.49. The first-order chi connectivity index (χ1) is 9.33. The van der Waals surface area contributed by atoms with E-state index in [4.69, 9.17) is 4.74 Å². The Kier molecular flexibility index (Phi) is 4.74. The summed E-state index contributed by atoms with van der Waals surface area (Å²) in [6.07, 6.45) is 6.35. The molecule has 0 radical (unpaired) electrons. The van der Waals surface area contributed by atoms with Crippen LogP contribution in [0.2, 0.25) is 0 Å². The number of likely N-dealkylation sites (N-methyl/N-ethyl adjacent to an activating group) is 1. The minimum atomic E-state index is 0.450. The van der Waals surface area contributed by atoms with Gasteiger partial charge in [0.05, 0.1) is 12.2 Å². The monoisotopic (exact) mass is 267 g/mol. The third-order valence-corrected chi connectivity index (χ3v) is 4.77. The molecule has 3 aliphatic rings. The molecule has 3 fully saturated rings. The second-order valence-corrected chi connectivity index (χ2v) is 6.56. The Bertz CT molecular complexity index is 275. The van der Waals surface area contributed by atoms with Gasteiger partial charge in [-0.1, -0.05) is 0 Å². The summed E-state index contributed by atoms with van der Waals surface area (Å²) in [6, 6.07) is 0. The van der Waals surface area contributed by atoms with Crippen LogP contribution in [0.5, 0.6) is 0 Å². The van der Waals surface area contributed by atoms with Gasteiger partial charge in [0, 0.05) is 45.8 Å². The first-order valence-electron chi connectivity index (χ1n) is 8.08. The van der Waals surface area contributed by atoms with Crippen LogP contribution in [-0.2, 0) is 4.74 Å². The molecule has 0 aromatic carbocycles. The Morgan fingerprint density at radius 3 is 2.16 bits per heavy atom. The van der Waals surface area contributed by atoms with Crippen molar-refractivity contribution in [1.29, 1.82) is 0 Å². The number of ether oxygens (including phenoxy) is 1. The Hall–Kier alpha value is -0.160. The molecule has 3 rings (SSSR count). The van der Waals surface area contributed by atoms with E-state index >= 15 is 0 Å². The average Bonchev–Trinajstić information content (AvgIpc) is 3.12. The van der Waals surface area contributed by atoms with Crippen molar-refractivity contribution in [2.24, 2.45) is 5.92 Å². The lowest BCUT2D eigenvalue weighted by atomic mass is 10.1. The standard InChI is InChI=1S/C15H29N3O/c1-16-10-14-4-5-15(19-14)12-18-8-6-17(7-9-18)11-13-2-3-13/h13-16H,2-12H2,1H3. The smallest absolute Gasteiger partial charge is 0.0707 e. The quantitative estimate of drug-likeness (QED) is 0.770. The van der Waals surface area contributed by atoms with Crippen molar-refractivity contribution in [2.45, 2.75) is 37.9 Å². The van der Waals surface area contributed by atoms with E-state index in [1.165, 1.54) is 58.4 Å². The van der Waals surface area contributed by atoms with Crippen molar-refractivity contribution in [3.63, 3.8) is 0 Å². The zero-order valence-electron chi connectivity index (χ0n) is 12.3. The second kappa shape index (κ2) is 6.53. The van der Waals surface area contributed by atoms with Crippen LogP contribution in [0.25, 0.3) is 0 Å². The molecule has 110 valence electrons. The number of hydrogen-bond donors (Lipinski definition) is 1. The summed E-state index contributed by atoms with van der Waals surface area (Å²) in [5.41, 5.74) is 0. The molecule has 0 amide bonds. The largest absolute Gasteiger partial charge is 0.372 e. The summed E-state index contributed by atoms with van der Waals surface area (Å²) < 4.78 is 6.09. The first kappa shape index (κ1) is 13.8. The van der Waals surface area contributed by atoms with Crippen molar-refractivity contribution >= 4 is 0 Å². The van der Waals surface area contributed by atoms with Gasteiger partial charge in [-0.25, -0.2) is 0 Å². The summed E-state index contributed by atoms with van der Waals surface area (Å²) in [6.45, 7) is 8.53. The maximum absolute atomic E-state index is 6.09. The van der Waals surface area contributed by atoms with Crippen LogP contribution in [0.4, 0.5) is 0 Å². The highest BCUT2D eigenvalue weighted by Crippen LogP contribution is 2.30. The Morgan fingerprint density at radius 2 is 1.53 bits per heavy atom. The predicted molar refractivity (Wildman–Crippen MR) is 77.4 cm³/mol. The van der Waals surface area contributed by atoms with E-state index in [1.54, 1.807) is 0 Å². The highest BCUT2D eigenvalue weighted by Gasteiger charge is 2.29. The summed E-state index contributed by atoms with van der Waals surface area (Å²) >= 11 is 0. The molecule has 2 atom stereocenters. The van der Waals surface area contributed by atoms with E-state index in [1.807, 2.05) is 7.05 Å². The van der Waals surface area contributed by atoms with Gasteiger partial charge in [-0.3, -0.25) is 4.90 Å². The van der Waals surface area contributed by atoms with E-state index in [0.717, 1.165) is 19.0 Å². The van der Waals surface area contributed by atoms with Crippen LogP contribution in [0, 0.1) is 5.92 Å². The number of rotatable bonds is 6. The molecule has 19 heavy (non-hydrogen) atoms. The summed E-state index contributed by atoms with van der Waals surface area (Å²) in [5, 5.41) is 3.22. The van der Waals surface area contributed by atoms with Crippen LogP contribution >= 0.6 is 0 Å². The lowest BCUT2D eigenvalue weighted by Gasteiger charge is -2.35. The molecule has 2 unspecified atom stereocenters. The Balaban J connectivity index is 1.33. The number of hydrogen-bond acceptors (Lipinski definition) is 4. The molecule has 0 aromatic rings. The molecule has 1 N–H and O–H groups in total. The second-order valence-electron chi connectivity index (χ2n) is 6.56. The molecular weight excluding hydrogens is 238 g/mol. The van der Waals surface area contributed by atoms with Gasteiger partial charge in [0.2, 0.25) is 0 Å². The third-order valence-electron chi connectivity index (χ3n) is 4.77. The van der Waals surface area contributed by atoms with E-state index in [9.17, 15) is 0 Å². The Morgan fingerprint density at radius 1 is 0.895 bits per heavy atom. The van der Waals surface area contributed by atoms with E-state index in [2.05, 4.69) is 15.1 Å². The van der Waals surface area contributed by atoms with Crippen molar-refractivity contribution < 1.29 is 4.74 Å². The first-order valence-corrected chi connectivity index (χ1v) is 8.08. The maximum Gasteiger partial charge on any atom is 0.0707 e. The van der Waals surface area contributed by atoms with Crippen molar-refractivity contribution in [2.75, 3.05) is 52.9 Å². The van der Waals surface area contributed by atoms with Crippen LogP contribution in [0.3, 0.4) is 0 Å². The zero-order chi connectivity index (χ0) is 13.1. The zero-order valence-corrected chi connectivity index (χ0v) is 12.3. The van der Waals surface area contributed by atoms with E-state index in [0.29, 0.717) is 12.2 Å². The van der Waals surface area contributed by atoms with Gasteiger partial charge >= 0.3 is 0 Å². The minimum absolute atomic E-state index is 0.450. The molecular formula is C15H29N3O. The molecule has 2 aliphatic heterocycles. The van der Waals surface area contributed by atoms with Gasteiger partial charge in [-0.05, 0) is 38.6 Å². The molecule has 2 saturated heterocycles. The molecule has 0 bridgehead atoms. The SMILES string of the molecule is CNCC1CCC(CN2CCN(CC3CC3)CC2)O1. The van der Waals surface area contributed by atoms with Gasteiger partial charge < -0.3 is 15.0 Å². The normalized spacial score (nSPS) is 33.9. The van der Waals surface area contributed by atoms with Gasteiger partial charge in [0.15, 0.2) is 0 Å². The summed E-state index contributed by atoms with van der Waals surface area (Å²) in [4.78, 5) is 5.27. The highest BCUT2D eigenvalue weighted by molar-refractivity contribution is 4.83. The van der Waals surface area contributed by atoms with Gasteiger partial charge in [0.25, 0.3) is 0 Å². The van der Waals surface area contributed by atoms with Crippen LogP contribution in [-0.4, -0.2) is 74.9 Å². The predicted octanol–water partition coefficient (Wildman–Crippen LogP) is 0.781. The number of nitrogens with one attached hydrogen (secondary N) is 1. The van der Waals surface area contributed by atoms with Crippen LogP contribution in [0.1, 0.15) is 25.7 Å². The van der Waals surface area contributed by atoms with Crippen LogP contribution < -0.4 is 5.32 Å². The van der Waals surface area contributed by atoms with Gasteiger partial charge in [-0.2, -0.15) is 0 Å². The lowest BCUT2D eigenvalue weighted by molar-refractivity contribution is 0.0130. The molecule has 1 saturated carbocycles. The van der Waals surface area contributed by atoms with Crippen molar-refractivity contribution in [3.05, 3.63) is 0 Å². The van der Waals surface area contributed by atoms with Crippen molar-refractivity contribution in [3.8, 4) is 0 Å². The molecule has 2 heterocycles. The molecule has 1 aliphatic carbocycles. The fourth-order valence-electron chi connectivity index (χ4n) is 3.40. The number of nitrogens with zero attached hydrogens (tertiary/aromatic N) is 2. The fourth-order valence-corrected chi connectivity index (χ4v) is 3.40. The van der Waals surface area contributed by atoms with E-state index in [-0.39, 0.29) is 0 Å². The Labute approximate surface area is 117 Å². The minimum Gasteiger partial charge on any atom is -0.372 e. The molecule has 0 spiro atoms. The van der Waals surface area contributed by atoms with E-state index < -0.39 is 0 Å². The van der Waals surface area contributed by atoms with Crippen molar-refractivity contribution in [1.82, 2.24) is 15.1 Å². The number of piperazine rings is 1. The molecule has 0 aromatic heterocycles.